The average Bonchev–Trinajstić information content (AvgIpc) is 3.19. The van der Waals surface area contributed by atoms with Crippen molar-refractivity contribution in [3.8, 4) is 0 Å². The molecule has 0 aromatic carbocycles. The molecule has 1 saturated heterocycles. The van der Waals surface area contributed by atoms with Gasteiger partial charge in [0.2, 0.25) is 5.91 Å². The van der Waals surface area contributed by atoms with E-state index >= 15 is 0 Å². The summed E-state index contributed by atoms with van der Waals surface area (Å²) in [4.78, 5) is 23.9. The number of carboxylic acids is 1. The molecular weight excluding hydrogens is 415 g/mol. The molecule has 176 valence electrons. The third kappa shape index (κ3) is 6.65. The molecule has 2 aliphatic rings. The van der Waals surface area contributed by atoms with Crippen molar-refractivity contribution < 1.29 is 27.9 Å². The van der Waals surface area contributed by atoms with Gasteiger partial charge in [0.25, 0.3) is 0 Å². The Hall–Kier alpha value is -2.17. The van der Waals surface area contributed by atoms with Crippen molar-refractivity contribution in [2.45, 2.75) is 83.5 Å². The van der Waals surface area contributed by atoms with Gasteiger partial charge < -0.3 is 15.7 Å². The lowest BCUT2D eigenvalue weighted by atomic mass is 9.74. The number of carboxylic acid groups (broad SMARTS) is 1. The Balaban J connectivity index is 0.000000423. The van der Waals surface area contributed by atoms with Gasteiger partial charge in [-0.3, -0.25) is 4.79 Å². The maximum atomic E-state index is 12.9. The quantitative estimate of drug-likeness (QED) is 0.735. The van der Waals surface area contributed by atoms with Crippen LogP contribution in [0.5, 0.6) is 0 Å². The van der Waals surface area contributed by atoms with Gasteiger partial charge in [0, 0.05) is 18.5 Å². The van der Waals surface area contributed by atoms with Crippen LogP contribution in [0.1, 0.15) is 77.5 Å². The summed E-state index contributed by atoms with van der Waals surface area (Å²) in [5.41, 5.74) is 6.31. The molecule has 11 heteroatoms. The first kappa shape index (κ1) is 25.1. The number of nitrogens with zero attached hydrogens (tertiary/aromatic N) is 4. The smallest absolute Gasteiger partial charge is 0.475 e. The first-order valence-electron chi connectivity index (χ1n) is 10.5. The zero-order valence-electron chi connectivity index (χ0n) is 18.3. The SMILES string of the molecule is CC1(C(=O)N2CCC(n3cc(C(C)(C)N)nn3)CC2)CCCCC1.O=C(O)C(F)(F)F. The monoisotopic (exact) mass is 447 g/mol. The van der Waals surface area contributed by atoms with Gasteiger partial charge in [0.1, 0.15) is 5.69 Å². The van der Waals surface area contributed by atoms with E-state index in [1.807, 2.05) is 24.7 Å². The van der Waals surface area contributed by atoms with Gasteiger partial charge in [-0.2, -0.15) is 13.2 Å². The van der Waals surface area contributed by atoms with Crippen LogP contribution in [0.4, 0.5) is 13.2 Å². The first-order chi connectivity index (χ1) is 14.2. The summed E-state index contributed by atoms with van der Waals surface area (Å²) in [6, 6.07) is 0.316. The fourth-order valence-corrected chi connectivity index (χ4v) is 4.01. The highest BCUT2D eigenvalue weighted by Crippen LogP contribution is 2.38. The van der Waals surface area contributed by atoms with Crippen molar-refractivity contribution in [1.29, 1.82) is 0 Å². The molecule has 1 aromatic rings. The van der Waals surface area contributed by atoms with E-state index in [1.165, 1.54) is 19.3 Å². The molecule has 3 N–H and O–H groups in total. The Kier molecular flexibility index (Phi) is 7.72. The number of piperidine rings is 1. The number of nitrogens with two attached hydrogens (primary N) is 1. The van der Waals surface area contributed by atoms with E-state index in [2.05, 4.69) is 22.1 Å². The molecule has 31 heavy (non-hydrogen) atoms. The Bertz CT molecular complexity index is 759. The minimum atomic E-state index is -5.08. The van der Waals surface area contributed by atoms with Gasteiger partial charge in [-0.05, 0) is 39.5 Å². The summed E-state index contributed by atoms with van der Waals surface area (Å²) >= 11 is 0. The van der Waals surface area contributed by atoms with Crippen molar-refractivity contribution in [2.75, 3.05) is 13.1 Å². The van der Waals surface area contributed by atoms with E-state index < -0.39 is 17.7 Å². The zero-order chi connectivity index (χ0) is 23.4. The standard InChI is InChI=1S/C18H31N5O.C2HF3O2/c1-17(2,19)15-13-23(21-20-15)14-7-11-22(12-8-14)16(24)18(3)9-5-4-6-10-18;3-2(4,5)1(6)7/h13-14H,4-12,19H2,1-3H3;(H,6,7). The van der Waals surface area contributed by atoms with Crippen molar-refractivity contribution in [1.82, 2.24) is 19.9 Å². The lowest BCUT2D eigenvalue weighted by molar-refractivity contribution is -0.192. The number of amides is 1. The first-order valence-corrected chi connectivity index (χ1v) is 10.5. The van der Waals surface area contributed by atoms with Gasteiger partial charge >= 0.3 is 12.1 Å². The molecule has 1 amide bonds. The number of carbonyl (C=O) groups is 2. The maximum Gasteiger partial charge on any atom is 0.490 e. The van der Waals surface area contributed by atoms with Gasteiger partial charge in [-0.1, -0.05) is 31.4 Å². The highest BCUT2D eigenvalue weighted by atomic mass is 19.4. The summed E-state index contributed by atoms with van der Waals surface area (Å²) in [6.45, 7) is 7.68. The van der Waals surface area contributed by atoms with Crippen LogP contribution in [-0.2, 0) is 15.1 Å². The van der Waals surface area contributed by atoms with Crippen LogP contribution in [0, 0.1) is 5.41 Å². The van der Waals surface area contributed by atoms with Crippen molar-refractivity contribution in [3.05, 3.63) is 11.9 Å². The summed E-state index contributed by atoms with van der Waals surface area (Å²) < 4.78 is 33.7. The normalized spacial score (nSPS) is 20.0. The molecule has 1 aromatic heterocycles. The molecule has 0 atom stereocenters. The molecule has 1 aliphatic heterocycles. The Morgan fingerprint density at radius 2 is 1.68 bits per heavy atom. The molecular formula is C20H32F3N5O3. The zero-order valence-corrected chi connectivity index (χ0v) is 18.3. The lowest BCUT2D eigenvalue weighted by Crippen LogP contribution is -2.47. The number of halogens is 3. The number of likely N-dealkylation sites (tertiary alicyclic amines) is 1. The van der Waals surface area contributed by atoms with Gasteiger partial charge in [-0.15, -0.1) is 5.10 Å². The number of carbonyl (C=O) groups excluding carboxylic acids is 1. The number of hydrogen-bond donors (Lipinski definition) is 2. The molecule has 1 saturated carbocycles. The molecule has 0 radical (unpaired) electrons. The van der Waals surface area contributed by atoms with Gasteiger partial charge in [-0.25, -0.2) is 9.48 Å². The summed E-state index contributed by atoms with van der Waals surface area (Å²) in [6.07, 6.45) is 4.51. The van der Waals surface area contributed by atoms with E-state index in [9.17, 15) is 18.0 Å². The summed E-state index contributed by atoms with van der Waals surface area (Å²) in [5, 5.41) is 15.6. The molecule has 2 heterocycles. The summed E-state index contributed by atoms with van der Waals surface area (Å²) in [7, 11) is 0. The lowest BCUT2D eigenvalue weighted by Gasteiger charge is -2.40. The molecule has 3 rings (SSSR count). The van der Waals surface area contributed by atoms with E-state index in [4.69, 9.17) is 15.6 Å². The van der Waals surface area contributed by atoms with Crippen LogP contribution in [0.25, 0.3) is 0 Å². The molecule has 0 spiro atoms. The van der Waals surface area contributed by atoms with E-state index in [-0.39, 0.29) is 5.41 Å². The Morgan fingerprint density at radius 3 is 2.10 bits per heavy atom. The number of alkyl halides is 3. The minimum absolute atomic E-state index is 0.130. The van der Waals surface area contributed by atoms with Crippen LogP contribution < -0.4 is 5.73 Å². The minimum Gasteiger partial charge on any atom is -0.475 e. The second kappa shape index (κ2) is 9.54. The van der Waals surface area contributed by atoms with Crippen LogP contribution in [-0.4, -0.2) is 56.1 Å². The van der Waals surface area contributed by atoms with Crippen molar-refractivity contribution in [3.63, 3.8) is 0 Å². The van der Waals surface area contributed by atoms with Crippen molar-refractivity contribution >= 4 is 11.9 Å². The highest BCUT2D eigenvalue weighted by molar-refractivity contribution is 5.82. The average molecular weight is 448 g/mol. The van der Waals surface area contributed by atoms with Gasteiger partial charge in [0.05, 0.1) is 17.8 Å². The third-order valence-electron chi connectivity index (χ3n) is 6.01. The third-order valence-corrected chi connectivity index (χ3v) is 6.01. The Morgan fingerprint density at radius 1 is 1.16 bits per heavy atom. The number of rotatable bonds is 3. The van der Waals surface area contributed by atoms with Crippen LogP contribution in [0.15, 0.2) is 6.20 Å². The molecule has 1 aliphatic carbocycles. The largest absolute Gasteiger partial charge is 0.490 e. The van der Waals surface area contributed by atoms with Crippen LogP contribution in [0.2, 0.25) is 0 Å². The fraction of sp³-hybridized carbons (Fsp3) is 0.800. The van der Waals surface area contributed by atoms with Crippen molar-refractivity contribution in [2.24, 2.45) is 11.1 Å². The molecule has 2 fully saturated rings. The highest BCUT2D eigenvalue weighted by Gasteiger charge is 2.39. The topological polar surface area (TPSA) is 114 Å². The second-order valence-corrected chi connectivity index (χ2v) is 9.25. The van der Waals surface area contributed by atoms with Crippen LogP contribution >= 0.6 is 0 Å². The van der Waals surface area contributed by atoms with E-state index in [0.717, 1.165) is 44.5 Å². The number of aliphatic carboxylic acids is 1. The Labute approximate surface area is 180 Å². The van der Waals surface area contributed by atoms with E-state index in [0.29, 0.717) is 11.9 Å². The van der Waals surface area contributed by atoms with E-state index in [1.54, 1.807) is 0 Å². The predicted octanol–water partition coefficient (Wildman–Crippen LogP) is 3.24. The second-order valence-electron chi connectivity index (χ2n) is 9.25. The molecule has 8 nitrogen and oxygen atoms in total. The summed E-state index contributed by atoms with van der Waals surface area (Å²) in [5.74, 6) is -2.39. The van der Waals surface area contributed by atoms with Crippen LogP contribution in [0.3, 0.4) is 0 Å². The number of aromatic nitrogens is 3. The number of hydrogen-bond acceptors (Lipinski definition) is 5. The maximum absolute atomic E-state index is 12.9. The molecule has 0 bridgehead atoms. The predicted molar refractivity (Wildman–Crippen MR) is 107 cm³/mol. The van der Waals surface area contributed by atoms with Gasteiger partial charge in [0.15, 0.2) is 0 Å². The molecule has 0 unspecified atom stereocenters. The fourth-order valence-electron chi connectivity index (χ4n) is 4.01.